The van der Waals surface area contributed by atoms with Gasteiger partial charge in [-0.15, -0.1) is 0 Å². The van der Waals surface area contributed by atoms with E-state index in [1.165, 1.54) is 30.7 Å². The maximum absolute atomic E-state index is 10.8. The van der Waals surface area contributed by atoms with E-state index in [0.717, 1.165) is 0 Å². The molecule has 0 saturated carbocycles. The third-order valence-electron chi connectivity index (χ3n) is 1.77. The largest absolute Gasteiger partial charge is 0.294 e. The smallest absolute Gasteiger partial charge is 0.282 e. The Hall–Kier alpha value is -1.53. The van der Waals surface area contributed by atoms with Crippen LogP contribution in [0.5, 0.6) is 0 Å². The summed E-state index contributed by atoms with van der Waals surface area (Å²) in [5.41, 5.74) is 0.632. The number of benzene rings is 1. The highest BCUT2D eigenvalue weighted by atomic mass is 32.2. The Bertz CT molecular complexity index is 580. The van der Waals surface area contributed by atoms with Crippen LogP contribution in [0, 0.1) is 0 Å². The molecule has 1 heterocycles. The van der Waals surface area contributed by atoms with Crippen LogP contribution in [0.4, 0.5) is 0 Å². The van der Waals surface area contributed by atoms with Crippen molar-refractivity contribution in [3.05, 3.63) is 30.7 Å². The standard InChI is InChI=1S/C8H6N2O3S/c11-14(12,13)7-1-2-8-6(3-7)4-9-5-10-8/h1-5H,(H,11,12,13). The monoisotopic (exact) mass is 210 g/mol. The van der Waals surface area contributed by atoms with E-state index in [1.54, 1.807) is 0 Å². The number of rotatable bonds is 1. The lowest BCUT2D eigenvalue weighted by Gasteiger charge is -1.98. The minimum absolute atomic E-state index is 0.153. The zero-order valence-electron chi connectivity index (χ0n) is 6.95. The van der Waals surface area contributed by atoms with Gasteiger partial charge in [-0.1, -0.05) is 0 Å². The van der Waals surface area contributed by atoms with Crippen molar-refractivity contribution in [2.45, 2.75) is 4.90 Å². The highest BCUT2D eigenvalue weighted by Gasteiger charge is 2.09. The van der Waals surface area contributed by atoms with Crippen molar-refractivity contribution in [1.82, 2.24) is 9.97 Å². The topological polar surface area (TPSA) is 80.2 Å². The van der Waals surface area contributed by atoms with E-state index < -0.39 is 10.1 Å². The van der Waals surface area contributed by atoms with Gasteiger partial charge >= 0.3 is 0 Å². The molecule has 1 aromatic heterocycles. The molecule has 0 unspecified atom stereocenters. The Balaban J connectivity index is 2.75. The SMILES string of the molecule is O=S(=O)(O)c1ccc2ncncc2c1. The molecule has 0 aliphatic rings. The summed E-state index contributed by atoms with van der Waals surface area (Å²) < 4.78 is 30.4. The van der Waals surface area contributed by atoms with Gasteiger partial charge in [-0.2, -0.15) is 8.42 Å². The summed E-state index contributed by atoms with van der Waals surface area (Å²) in [5.74, 6) is 0. The lowest BCUT2D eigenvalue weighted by molar-refractivity contribution is 0.483. The van der Waals surface area contributed by atoms with Gasteiger partial charge in [0.15, 0.2) is 0 Å². The summed E-state index contributed by atoms with van der Waals surface area (Å²) >= 11 is 0. The second-order valence-corrected chi connectivity index (χ2v) is 4.14. The fraction of sp³-hybridized carbons (Fsp3) is 0. The Morgan fingerprint density at radius 2 is 2.07 bits per heavy atom. The Kier molecular flexibility index (Phi) is 1.94. The molecule has 0 bridgehead atoms. The summed E-state index contributed by atoms with van der Waals surface area (Å²) in [4.78, 5) is 7.51. The normalized spacial score (nSPS) is 11.8. The third kappa shape index (κ3) is 1.57. The predicted octanol–water partition coefficient (Wildman–Crippen LogP) is 0.877. The van der Waals surface area contributed by atoms with Crippen LogP contribution < -0.4 is 0 Å². The molecule has 72 valence electrons. The minimum Gasteiger partial charge on any atom is -0.282 e. The molecule has 5 nitrogen and oxygen atoms in total. The minimum atomic E-state index is -4.15. The molecule has 0 fully saturated rings. The molecule has 0 radical (unpaired) electrons. The zero-order valence-corrected chi connectivity index (χ0v) is 7.77. The van der Waals surface area contributed by atoms with Crippen LogP contribution in [0.1, 0.15) is 0 Å². The third-order valence-corrected chi connectivity index (χ3v) is 2.62. The van der Waals surface area contributed by atoms with Gasteiger partial charge in [0.25, 0.3) is 10.1 Å². The second-order valence-electron chi connectivity index (χ2n) is 2.72. The van der Waals surface area contributed by atoms with Crippen LogP contribution in [-0.4, -0.2) is 22.9 Å². The molecule has 0 atom stereocenters. The average molecular weight is 210 g/mol. The Morgan fingerprint density at radius 3 is 2.79 bits per heavy atom. The first-order chi connectivity index (χ1) is 6.57. The van der Waals surface area contributed by atoms with Crippen molar-refractivity contribution in [3.8, 4) is 0 Å². The van der Waals surface area contributed by atoms with Gasteiger partial charge < -0.3 is 0 Å². The molecule has 0 spiro atoms. The van der Waals surface area contributed by atoms with Crippen molar-refractivity contribution in [3.63, 3.8) is 0 Å². The van der Waals surface area contributed by atoms with Gasteiger partial charge in [0, 0.05) is 11.6 Å². The van der Waals surface area contributed by atoms with Crippen LogP contribution in [0.15, 0.2) is 35.6 Å². The van der Waals surface area contributed by atoms with Crippen molar-refractivity contribution in [2.75, 3.05) is 0 Å². The van der Waals surface area contributed by atoms with E-state index in [4.69, 9.17) is 4.55 Å². The van der Waals surface area contributed by atoms with Gasteiger partial charge in [-0.25, -0.2) is 9.97 Å². The molecule has 14 heavy (non-hydrogen) atoms. The molecule has 0 amide bonds. The number of hydrogen-bond acceptors (Lipinski definition) is 4. The molecule has 0 saturated heterocycles. The van der Waals surface area contributed by atoms with Gasteiger partial charge in [0.2, 0.25) is 0 Å². The molecular formula is C8H6N2O3S. The van der Waals surface area contributed by atoms with Crippen LogP contribution >= 0.6 is 0 Å². The molecule has 1 aromatic carbocycles. The number of hydrogen-bond donors (Lipinski definition) is 1. The van der Waals surface area contributed by atoms with E-state index in [2.05, 4.69) is 9.97 Å². The first kappa shape index (κ1) is 9.04. The first-order valence-electron chi connectivity index (χ1n) is 3.74. The number of nitrogens with zero attached hydrogens (tertiary/aromatic N) is 2. The lowest BCUT2D eigenvalue weighted by Crippen LogP contribution is -1.97. The molecule has 0 aliphatic heterocycles. The highest BCUT2D eigenvalue weighted by molar-refractivity contribution is 7.85. The second kappa shape index (κ2) is 3.00. The molecule has 1 N–H and O–H groups in total. The van der Waals surface area contributed by atoms with Crippen LogP contribution in [0.3, 0.4) is 0 Å². The van der Waals surface area contributed by atoms with E-state index >= 15 is 0 Å². The molecule has 2 aromatic rings. The average Bonchev–Trinajstić information content (AvgIpc) is 2.16. The Morgan fingerprint density at radius 1 is 1.29 bits per heavy atom. The number of fused-ring (bicyclic) bond motifs is 1. The number of aromatic nitrogens is 2. The summed E-state index contributed by atoms with van der Waals surface area (Å²) in [7, 11) is -4.15. The van der Waals surface area contributed by atoms with Crippen LogP contribution in [0.25, 0.3) is 10.9 Å². The summed E-state index contributed by atoms with van der Waals surface area (Å²) in [6, 6.07) is 4.13. The van der Waals surface area contributed by atoms with Crippen molar-refractivity contribution >= 4 is 21.0 Å². The van der Waals surface area contributed by atoms with E-state index in [0.29, 0.717) is 10.9 Å². The molecular weight excluding hydrogens is 204 g/mol. The zero-order chi connectivity index (χ0) is 10.2. The maximum Gasteiger partial charge on any atom is 0.294 e. The summed E-state index contributed by atoms with van der Waals surface area (Å²) in [5, 5.41) is 0.572. The van der Waals surface area contributed by atoms with Gasteiger partial charge in [0.05, 0.1) is 10.4 Å². The van der Waals surface area contributed by atoms with Crippen LogP contribution in [-0.2, 0) is 10.1 Å². The molecule has 2 rings (SSSR count). The predicted molar refractivity (Wildman–Crippen MR) is 49.4 cm³/mol. The maximum atomic E-state index is 10.8. The molecule has 0 aliphatic carbocycles. The summed E-state index contributed by atoms with van der Waals surface area (Å²) in [6.45, 7) is 0. The summed E-state index contributed by atoms with van der Waals surface area (Å²) in [6.07, 6.45) is 2.85. The molecule has 6 heteroatoms. The fourth-order valence-electron chi connectivity index (χ4n) is 1.12. The van der Waals surface area contributed by atoms with Crippen LogP contribution in [0.2, 0.25) is 0 Å². The van der Waals surface area contributed by atoms with E-state index in [-0.39, 0.29) is 4.90 Å². The quantitative estimate of drug-likeness (QED) is 0.706. The van der Waals surface area contributed by atoms with Crippen molar-refractivity contribution < 1.29 is 13.0 Å². The Labute approximate surface area is 80.2 Å². The fourth-order valence-corrected chi connectivity index (χ4v) is 1.64. The van der Waals surface area contributed by atoms with E-state index in [9.17, 15) is 8.42 Å². The van der Waals surface area contributed by atoms with Gasteiger partial charge in [0.1, 0.15) is 6.33 Å². The van der Waals surface area contributed by atoms with Crippen molar-refractivity contribution in [1.29, 1.82) is 0 Å². The lowest BCUT2D eigenvalue weighted by atomic mass is 10.2. The van der Waals surface area contributed by atoms with Crippen molar-refractivity contribution in [2.24, 2.45) is 0 Å². The van der Waals surface area contributed by atoms with Gasteiger partial charge in [-0.05, 0) is 18.2 Å². The van der Waals surface area contributed by atoms with E-state index in [1.807, 2.05) is 0 Å². The van der Waals surface area contributed by atoms with Gasteiger partial charge in [-0.3, -0.25) is 4.55 Å². The first-order valence-corrected chi connectivity index (χ1v) is 5.19. The highest BCUT2D eigenvalue weighted by Crippen LogP contribution is 2.15.